The van der Waals surface area contributed by atoms with E-state index in [-0.39, 0.29) is 12.5 Å². The number of hydrogen-bond donors (Lipinski definition) is 3. The highest BCUT2D eigenvalue weighted by Gasteiger charge is 2.18. The van der Waals surface area contributed by atoms with Crippen molar-refractivity contribution in [3.8, 4) is 0 Å². The summed E-state index contributed by atoms with van der Waals surface area (Å²) in [6.07, 6.45) is 81.6. The quantitative estimate of drug-likeness (QED) is 0.0420. The van der Waals surface area contributed by atoms with Crippen LogP contribution in [0.4, 0.5) is 0 Å². The van der Waals surface area contributed by atoms with Gasteiger partial charge in [-0.2, -0.15) is 0 Å². The Hall–Kier alpha value is -1.65. The van der Waals surface area contributed by atoms with Crippen LogP contribution in [0.2, 0.25) is 0 Å². The molecule has 4 heteroatoms. The first kappa shape index (κ1) is 65.3. The van der Waals surface area contributed by atoms with Crippen LogP contribution in [-0.2, 0) is 4.79 Å². The van der Waals surface area contributed by atoms with E-state index in [0.29, 0.717) is 6.42 Å². The van der Waals surface area contributed by atoms with E-state index >= 15 is 0 Å². The molecule has 0 heterocycles. The van der Waals surface area contributed by atoms with Crippen LogP contribution in [0.3, 0.4) is 0 Å². The average Bonchev–Trinajstić information content (AvgIpc) is 3.33. The molecule has 1 amide bonds. The Morgan fingerprint density at radius 3 is 0.866 bits per heavy atom. The van der Waals surface area contributed by atoms with Crippen LogP contribution >= 0.6 is 0 Å². The van der Waals surface area contributed by atoms with E-state index in [1.807, 2.05) is 6.08 Å². The molecule has 0 saturated heterocycles. The van der Waals surface area contributed by atoms with Gasteiger partial charge in [-0.05, 0) is 70.6 Å². The fraction of sp³-hybridized carbons (Fsp3) is 0.857. The molecular formula is C63H119NO3. The summed E-state index contributed by atoms with van der Waals surface area (Å²) in [5.41, 5.74) is 0. The van der Waals surface area contributed by atoms with Crippen LogP contribution in [0.15, 0.2) is 48.6 Å². The third kappa shape index (κ3) is 55.2. The number of allylic oxidation sites excluding steroid dienone is 7. The van der Waals surface area contributed by atoms with Crippen LogP contribution < -0.4 is 5.32 Å². The average molecular weight is 939 g/mol. The maximum Gasteiger partial charge on any atom is 0.220 e. The van der Waals surface area contributed by atoms with Crippen molar-refractivity contribution in [2.24, 2.45) is 0 Å². The van der Waals surface area contributed by atoms with Gasteiger partial charge in [-0.15, -0.1) is 0 Å². The Balaban J connectivity index is 3.51. The number of nitrogens with one attached hydrogen (secondary N) is 1. The Bertz CT molecular complexity index is 1060. The molecule has 0 aliphatic heterocycles. The van der Waals surface area contributed by atoms with Gasteiger partial charge in [0.1, 0.15) is 0 Å². The Morgan fingerprint density at radius 1 is 0.343 bits per heavy atom. The molecule has 2 unspecified atom stereocenters. The van der Waals surface area contributed by atoms with Gasteiger partial charge in [0.05, 0.1) is 18.8 Å². The van der Waals surface area contributed by atoms with Gasteiger partial charge in [0.25, 0.3) is 0 Å². The maximum atomic E-state index is 12.5. The molecular weight excluding hydrogens is 819 g/mol. The highest BCUT2D eigenvalue weighted by Crippen LogP contribution is 2.17. The second-order valence-electron chi connectivity index (χ2n) is 20.7. The van der Waals surface area contributed by atoms with Gasteiger partial charge >= 0.3 is 0 Å². The molecule has 0 aliphatic rings. The maximum absolute atomic E-state index is 12.5. The van der Waals surface area contributed by atoms with Crippen LogP contribution in [-0.4, -0.2) is 34.9 Å². The molecule has 0 bridgehead atoms. The molecule has 0 aromatic carbocycles. The second kappa shape index (κ2) is 58.7. The smallest absolute Gasteiger partial charge is 0.220 e. The molecule has 0 aromatic heterocycles. The fourth-order valence-corrected chi connectivity index (χ4v) is 9.39. The van der Waals surface area contributed by atoms with E-state index in [1.165, 1.54) is 270 Å². The standard InChI is InChI=1S/C63H119NO3/c1-3-5-7-9-11-13-15-17-19-21-23-25-27-29-31-32-33-35-37-39-41-43-45-47-49-51-53-55-57-59-63(67)64-61(60-65)62(66)58-56-54-52-50-48-46-44-42-40-38-36-34-30-28-26-24-22-20-18-16-14-12-10-8-6-4-2/h21,23,40,42,48,50,56,58,61-62,65-66H,3-20,22,24-39,41,43-47,49,51-55,57,59-60H2,1-2H3,(H,64,67)/b23-21-,42-40+,50-48+,58-56+. The zero-order valence-electron chi connectivity index (χ0n) is 45.4. The molecule has 0 aromatic rings. The highest BCUT2D eigenvalue weighted by atomic mass is 16.3. The molecule has 0 rings (SSSR count). The van der Waals surface area contributed by atoms with E-state index < -0.39 is 12.1 Å². The summed E-state index contributed by atoms with van der Waals surface area (Å²) in [4.78, 5) is 12.5. The molecule has 2 atom stereocenters. The predicted molar refractivity (Wildman–Crippen MR) is 299 cm³/mol. The number of carbonyl (C=O) groups excluding carboxylic acids is 1. The number of carbonyl (C=O) groups is 1. The van der Waals surface area contributed by atoms with E-state index in [0.717, 1.165) is 38.5 Å². The van der Waals surface area contributed by atoms with Crippen molar-refractivity contribution < 1.29 is 15.0 Å². The minimum Gasteiger partial charge on any atom is -0.394 e. The van der Waals surface area contributed by atoms with Crippen molar-refractivity contribution in [3.63, 3.8) is 0 Å². The lowest BCUT2D eigenvalue weighted by molar-refractivity contribution is -0.123. The summed E-state index contributed by atoms with van der Waals surface area (Å²) < 4.78 is 0. The first-order chi connectivity index (χ1) is 33.2. The second-order valence-corrected chi connectivity index (χ2v) is 20.7. The molecule has 3 N–H and O–H groups in total. The summed E-state index contributed by atoms with van der Waals surface area (Å²) >= 11 is 0. The minimum absolute atomic E-state index is 0.0730. The van der Waals surface area contributed by atoms with Crippen molar-refractivity contribution >= 4 is 5.91 Å². The number of aliphatic hydroxyl groups is 2. The van der Waals surface area contributed by atoms with Crippen molar-refractivity contribution in [1.82, 2.24) is 5.32 Å². The summed E-state index contributed by atoms with van der Waals surface area (Å²) in [7, 11) is 0. The molecule has 0 radical (unpaired) electrons. The lowest BCUT2D eigenvalue weighted by Crippen LogP contribution is -2.45. The van der Waals surface area contributed by atoms with Gasteiger partial charge in [0, 0.05) is 6.42 Å². The van der Waals surface area contributed by atoms with Crippen molar-refractivity contribution in [2.75, 3.05) is 6.61 Å². The largest absolute Gasteiger partial charge is 0.394 e. The first-order valence-corrected chi connectivity index (χ1v) is 30.4. The molecule has 0 fully saturated rings. The molecule has 0 saturated carbocycles. The topological polar surface area (TPSA) is 69.6 Å². The molecule has 67 heavy (non-hydrogen) atoms. The van der Waals surface area contributed by atoms with Gasteiger partial charge in [-0.1, -0.05) is 300 Å². The van der Waals surface area contributed by atoms with E-state index in [9.17, 15) is 15.0 Å². The van der Waals surface area contributed by atoms with Crippen molar-refractivity contribution in [2.45, 2.75) is 341 Å². The SMILES string of the molecule is CCCCCCCCCC/C=C\CCCCCCCCCCCCCCCCCCCC(=O)NC(CO)C(O)/C=C/CC/C=C/CC/C=C/CCCCCCCCCCCCCCCCCC. The van der Waals surface area contributed by atoms with Crippen LogP contribution in [0, 0.1) is 0 Å². The van der Waals surface area contributed by atoms with Gasteiger partial charge in [-0.3, -0.25) is 4.79 Å². The van der Waals surface area contributed by atoms with Crippen LogP contribution in [0.1, 0.15) is 328 Å². The first-order valence-electron chi connectivity index (χ1n) is 30.4. The molecule has 0 aliphatic carbocycles. The zero-order valence-corrected chi connectivity index (χ0v) is 45.4. The summed E-state index contributed by atoms with van der Waals surface area (Å²) in [5.74, 6) is -0.0730. The number of rotatable bonds is 56. The Morgan fingerprint density at radius 2 is 0.582 bits per heavy atom. The molecule has 4 nitrogen and oxygen atoms in total. The van der Waals surface area contributed by atoms with E-state index in [2.05, 4.69) is 55.6 Å². The number of hydrogen-bond acceptors (Lipinski definition) is 3. The normalized spacial score (nSPS) is 13.1. The van der Waals surface area contributed by atoms with E-state index in [4.69, 9.17) is 0 Å². The monoisotopic (exact) mass is 938 g/mol. The van der Waals surface area contributed by atoms with E-state index in [1.54, 1.807) is 6.08 Å². The van der Waals surface area contributed by atoms with Gasteiger partial charge in [0.15, 0.2) is 0 Å². The van der Waals surface area contributed by atoms with Crippen LogP contribution in [0.5, 0.6) is 0 Å². The summed E-state index contributed by atoms with van der Waals surface area (Å²) in [6.45, 7) is 4.33. The lowest BCUT2D eigenvalue weighted by atomic mass is 10.0. The third-order valence-corrected chi connectivity index (χ3v) is 14.0. The third-order valence-electron chi connectivity index (χ3n) is 14.0. The molecule has 0 spiro atoms. The minimum atomic E-state index is -0.871. The number of aliphatic hydroxyl groups excluding tert-OH is 2. The predicted octanol–water partition coefficient (Wildman–Crippen LogP) is 20.2. The van der Waals surface area contributed by atoms with Crippen molar-refractivity contribution in [1.29, 1.82) is 0 Å². The summed E-state index contributed by atoms with van der Waals surface area (Å²) in [5, 5.41) is 23.2. The Labute approximate surface area is 420 Å². The lowest BCUT2D eigenvalue weighted by Gasteiger charge is -2.19. The summed E-state index contributed by atoms with van der Waals surface area (Å²) in [6, 6.07) is -0.646. The highest BCUT2D eigenvalue weighted by molar-refractivity contribution is 5.76. The van der Waals surface area contributed by atoms with Gasteiger partial charge < -0.3 is 15.5 Å². The van der Waals surface area contributed by atoms with Gasteiger partial charge in [-0.25, -0.2) is 0 Å². The zero-order chi connectivity index (χ0) is 48.5. The molecule has 394 valence electrons. The number of unbranched alkanes of at least 4 members (excludes halogenated alkanes) is 43. The van der Waals surface area contributed by atoms with Crippen LogP contribution in [0.25, 0.3) is 0 Å². The Kier molecular flexibility index (Phi) is 57.2. The van der Waals surface area contributed by atoms with Crippen molar-refractivity contribution in [3.05, 3.63) is 48.6 Å². The fourth-order valence-electron chi connectivity index (χ4n) is 9.39. The van der Waals surface area contributed by atoms with Gasteiger partial charge in [0.2, 0.25) is 5.91 Å². The number of amides is 1.